The van der Waals surface area contributed by atoms with E-state index in [1.807, 2.05) is 126 Å². The zero-order valence-electron chi connectivity index (χ0n) is 64.5. The number of H-pyrrole nitrogens is 3. The number of benzene rings is 6. The minimum absolute atomic E-state index is 0.0801. The number of carbonyl (C=O) groups is 3. The van der Waals surface area contributed by atoms with Crippen LogP contribution in [0.4, 0.5) is 17.5 Å². The highest BCUT2D eigenvalue weighted by atomic mass is 16.2. The maximum absolute atomic E-state index is 13.7. The molecule has 0 unspecified atom stereocenters. The summed E-state index contributed by atoms with van der Waals surface area (Å²) in [5.41, 5.74) is 21.2. The molecule has 6 fully saturated rings. The minimum atomic E-state index is 0.0801. The number of pyridine rings is 3. The molecule has 12 aromatic rings. The first-order valence-corrected chi connectivity index (χ1v) is 39.9. The van der Waals surface area contributed by atoms with E-state index in [9.17, 15) is 14.4 Å². The second-order valence-corrected chi connectivity index (χ2v) is 31.1. The summed E-state index contributed by atoms with van der Waals surface area (Å²) in [6.45, 7) is 19.0. The molecular formula is C94H95N15O3. The van der Waals surface area contributed by atoms with Gasteiger partial charge in [0, 0.05) is 147 Å². The number of terminal acetylenes is 3. The van der Waals surface area contributed by atoms with Crippen LogP contribution in [0.1, 0.15) is 182 Å². The number of carbonyl (C=O) groups excluding carboxylic acids is 3. The van der Waals surface area contributed by atoms with Gasteiger partial charge in [-0.25, -0.2) is 29.9 Å². The minimum Gasteiger partial charge on any atom is -0.357 e. The van der Waals surface area contributed by atoms with Gasteiger partial charge in [0.2, 0.25) is 0 Å². The molecule has 12 heterocycles. The highest BCUT2D eigenvalue weighted by molar-refractivity contribution is 5.99. The lowest BCUT2D eigenvalue weighted by Crippen LogP contribution is -2.38. The van der Waals surface area contributed by atoms with Gasteiger partial charge in [-0.2, -0.15) is 0 Å². The number of amides is 3. The zero-order valence-corrected chi connectivity index (χ0v) is 64.5. The van der Waals surface area contributed by atoms with Crippen molar-refractivity contribution in [2.75, 3.05) is 93.2 Å². The van der Waals surface area contributed by atoms with Crippen LogP contribution in [0, 0.1) is 64.7 Å². The summed E-state index contributed by atoms with van der Waals surface area (Å²) in [5.74, 6) is 14.9. The van der Waals surface area contributed by atoms with E-state index in [1.165, 1.54) is 55.2 Å². The lowest BCUT2D eigenvalue weighted by Gasteiger charge is -2.33. The molecule has 112 heavy (non-hydrogen) atoms. The lowest BCUT2D eigenvalue weighted by atomic mass is 9.88. The molecule has 18 rings (SSSR count). The van der Waals surface area contributed by atoms with E-state index in [1.54, 1.807) is 0 Å². The third kappa shape index (κ3) is 15.9. The Kier molecular flexibility index (Phi) is 21.5. The first kappa shape index (κ1) is 73.8. The number of aromatic nitrogens is 9. The van der Waals surface area contributed by atoms with E-state index < -0.39 is 0 Å². The number of aryl methyl sites for hydroxylation is 4. The molecule has 0 saturated carbocycles. The number of hydrogen-bond acceptors (Lipinski definition) is 12. The molecule has 6 saturated heterocycles. The summed E-state index contributed by atoms with van der Waals surface area (Å²) in [6.07, 6.45) is 35.1. The fourth-order valence-electron chi connectivity index (χ4n) is 17.1. The van der Waals surface area contributed by atoms with Gasteiger partial charge in [0.05, 0.1) is 51.7 Å². The Hall–Kier alpha value is -12.3. The van der Waals surface area contributed by atoms with Crippen LogP contribution in [0.3, 0.4) is 0 Å². The second kappa shape index (κ2) is 32.7. The number of likely N-dealkylation sites (tertiary alicyclic amines) is 3. The highest BCUT2D eigenvalue weighted by Gasteiger charge is 2.31. The quantitative estimate of drug-likeness (QED) is 0.0981. The summed E-state index contributed by atoms with van der Waals surface area (Å²) in [4.78, 5) is 92.4. The van der Waals surface area contributed by atoms with Crippen molar-refractivity contribution in [1.29, 1.82) is 0 Å². The average molecular weight is 1480 g/mol. The van der Waals surface area contributed by atoms with Crippen LogP contribution in [0.2, 0.25) is 0 Å². The Morgan fingerprint density at radius 1 is 0.357 bits per heavy atom. The molecule has 0 radical (unpaired) electrons. The number of imidazole rings is 3. The van der Waals surface area contributed by atoms with Crippen LogP contribution in [0.15, 0.2) is 158 Å². The molecule has 3 N–H and O–H groups in total. The summed E-state index contributed by atoms with van der Waals surface area (Å²) >= 11 is 0. The van der Waals surface area contributed by atoms with Crippen molar-refractivity contribution < 1.29 is 14.4 Å². The predicted octanol–water partition coefficient (Wildman–Crippen LogP) is 16.9. The van der Waals surface area contributed by atoms with E-state index in [2.05, 4.69) is 137 Å². The van der Waals surface area contributed by atoms with E-state index in [0.29, 0.717) is 23.3 Å². The van der Waals surface area contributed by atoms with Crippen LogP contribution in [-0.2, 0) is 0 Å². The van der Waals surface area contributed by atoms with Crippen LogP contribution in [0.25, 0.3) is 67.3 Å². The van der Waals surface area contributed by atoms with Crippen molar-refractivity contribution in [3.8, 4) is 71.2 Å². The van der Waals surface area contributed by atoms with E-state index in [4.69, 9.17) is 34.2 Å². The number of fused-ring (bicyclic) bond motifs is 3. The Balaban J connectivity index is 0.000000127. The molecule has 0 spiro atoms. The fourth-order valence-corrected chi connectivity index (χ4v) is 17.1. The number of anilines is 3. The van der Waals surface area contributed by atoms with Crippen molar-refractivity contribution in [2.24, 2.45) is 0 Å². The molecule has 0 bridgehead atoms. The Bertz CT molecular complexity index is 5590. The zero-order chi connectivity index (χ0) is 76.9. The summed E-state index contributed by atoms with van der Waals surface area (Å²) in [7, 11) is 0. The first-order valence-electron chi connectivity index (χ1n) is 39.9. The molecule has 3 amide bonds. The van der Waals surface area contributed by atoms with Crippen molar-refractivity contribution in [3.05, 3.63) is 230 Å². The third-order valence-corrected chi connectivity index (χ3v) is 23.9. The Morgan fingerprint density at radius 2 is 0.705 bits per heavy atom. The van der Waals surface area contributed by atoms with Gasteiger partial charge < -0.3 is 44.4 Å². The molecule has 6 aliphatic rings. The van der Waals surface area contributed by atoms with Crippen molar-refractivity contribution in [3.63, 3.8) is 0 Å². The van der Waals surface area contributed by atoms with Gasteiger partial charge >= 0.3 is 0 Å². The standard InChI is InChI=1S/C32H33N5O.2C31H31N5O/c1-4-23-7-9-24(10-8-23)25-11-15-37(16-12-25)32(38)27-18-26(21(2)17-22(27)3)31-34-28-19-30(33-20-29(28)35-31)36-13-5-6-14-36;1-3-22-7-10-23(11-8-22)24-12-16-36(17-13-24)31(37)25-9-6-21(2)26(18-25)30-33-27-19-29(32-20-28(27)34-30)35-14-4-5-15-35;1-3-22-7-10-23(11-8-22)24-12-16-36(17-13-24)31(37)26-18-25(9-6-21(26)2)30-33-27-19-29(32-20-28(27)34-30)35-14-4-5-15-35/h1,7-10,17-20,25H,5-6,11-16H2,2-3H3,(H,34,35);2*1,6-11,18-20,24H,4-5,12-17H2,2H3,(H,33,34). The van der Waals surface area contributed by atoms with Gasteiger partial charge in [0.25, 0.3) is 17.7 Å². The molecule has 0 aliphatic carbocycles. The van der Waals surface area contributed by atoms with Crippen molar-refractivity contribution >= 4 is 68.3 Å². The van der Waals surface area contributed by atoms with Crippen molar-refractivity contribution in [2.45, 2.75) is 122 Å². The van der Waals surface area contributed by atoms with Crippen LogP contribution in [0.5, 0.6) is 0 Å². The lowest BCUT2D eigenvalue weighted by molar-refractivity contribution is 0.0704. The molecule has 6 aliphatic heterocycles. The maximum atomic E-state index is 13.7. The number of hydrogen-bond donors (Lipinski definition) is 3. The topological polar surface area (TPSA) is 195 Å². The Labute approximate surface area is 655 Å². The molecule has 6 aromatic heterocycles. The van der Waals surface area contributed by atoms with E-state index in [-0.39, 0.29) is 17.7 Å². The van der Waals surface area contributed by atoms with Crippen LogP contribution < -0.4 is 14.7 Å². The van der Waals surface area contributed by atoms with E-state index >= 15 is 0 Å². The smallest absolute Gasteiger partial charge is 0.254 e. The van der Waals surface area contributed by atoms with Gasteiger partial charge in [-0.15, -0.1) is 19.3 Å². The van der Waals surface area contributed by atoms with Gasteiger partial charge in [-0.05, 0) is 222 Å². The summed E-state index contributed by atoms with van der Waals surface area (Å²) < 4.78 is 0. The summed E-state index contributed by atoms with van der Waals surface area (Å²) in [5, 5.41) is 0. The van der Waals surface area contributed by atoms with Gasteiger partial charge in [-0.3, -0.25) is 14.4 Å². The van der Waals surface area contributed by atoms with Crippen LogP contribution >= 0.6 is 0 Å². The molecule has 564 valence electrons. The van der Waals surface area contributed by atoms with Crippen LogP contribution in [-0.4, -0.2) is 156 Å². The van der Waals surface area contributed by atoms with E-state index in [0.717, 1.165) is 252 Å². The molecular weight excluding hydrogens is 1390 g/mol. The molecule has 6 aromatic carbocycles. The number of piperidine rings is 3. The highest BCUT2D eigenvalue weighted by Crippen LogP contribution is 2.37. The molecule has 0 atom stereocenters. The first-order chi connectivity index (χ1) is 54.7. The van der Waals surface area contributed by atoms with Crippen molar-refractivity contribution in [1.82, 2.24) is 59.6 Å². The molecule has 18 nitrogen and oxygen atoms in total. The number of aromatic amines is 3. The van der Waals surface area contributed by atoms with Gasteiger partial charge in [0.1, 0.15) is 34.9 Å². The summed E-state index contributed by atoms with van der Waals surface area (Å²) in [6, 6.07) is 47.1. The SMILES string of the molecule is C#Cc1ccc(C2CCN(C(=O)c3cc(-c4nc5cc(N6CCCC6)ncc5[nH]4)c(C)cc3C)CC2)cc1.C#Cc1ccc(C2CCN(C(=O)c3cc(-c4nc5cc(N6CCCC6)ncc5[nH]4)ccc3C)CC2)cc1.C#Cc1ccc(C2CCN(C(=O)c3ccc(C)c(-c4nc5cc(N6CCCC6)ncc5[nH]4)c3)CC2)cc1. The average Bonchev–Trinajstić information content (AvgIpc) is 1.59. The monoisotopic (exact) mass is 1480 g/mol. The second-order valence-electron chi connectivity index (χ2n) is 31.1. The maximum Gasteiger partial charge on any atom is 0.254 e. The Morgan fingerprint density at radius 3 is 1.10 bits per heavy atom. The largest absolute Gasteiger partial charge is 0.357 e. The predicted molar refractivity (Wildman–Crippen MR) is 448 cm³/mol. The number of nitrogens with one attached hydrogen (secondary N) is 3. The normalized spacial score (nSPS) is 16.3. The third-order valence-electron chi connectivity index (χ3n) is 23.9. The van der Waals surface area contributed by atoms with Gasteiger partial charge in [-0.1, -0.05) is 78.4 Å². The number of rotatable bonds is 12. The fraction of sp³-hybridized carbons (Fsp3) is 0.330. The number of nitrogens with zero attached hydrogens (tertiary/aromatic N) is 12. The van der Waals surface area contributed by atoms with Gasteiger partial charge in [0.15, 0.2) is 0 Å². The molecule has 18 heteroatoms.